The van der Waals surface area contributed by atoms with Gasteiger partial charge in [0.25, 0.3) is 0 Å². The SMILES string of the molecule is c1ccc(-c2ccc(-c3c4ccccc4c(-c4cccc5c4oc4ccc6ccoc6c45)c4ccccc34)cc2)cc1. The van der Waals surface area contributed by atoms with E-state index in [9.17, 15) is 0 Å². The Morgan fingerprint density at radius 2 is 0.976 bits per heavy atom. The molecule has 2 heteroatoms. The number of benzene rings is 7. The summed E-state index contributed by atoms with van der Waals surface area (Å²) in [5, 5.41) is 8.02. The highest BCUT2D eigenvalue weighted by molar-refractivity contribution is 6.25. The Balaban J connectivity index is 1.35. The van der Waals surface area contributed by atoms with Gasteiger partial charge in [-0.3, -0.25) is 0 Å². The average Bonchev–Trinajstić information content (AvgIpc) is 3.69. The third-order valence-corrected chi connectivity index (χ3v) is 8.56. The van der Waals surface area contributed by atoms with Gasteiger partial charge in [-0.2, -0.15) is 0 Å². The van der Waals surface area contributed by atoms with Crippen LogP contribution < -0.4 is 0 Å². The first-order valence-electron chi connectivity index (χ1n) is 14.3. The Morgan fingerprint density at radius 3 is 1.69 bits per heavy atom. The lowest BCUT2D eigenvalue weighted by molar-refractivity contribution is 0.618. The summed E-state index contributed by atoms with van der Waals surface area (Å²) >= 11 is 0. The van der Waals surface area contributed by atoms with Crippen LogP contribution in [0.4, 0.5) is 0 Å². The Bertz CT molecular complexity index is 2380. The van der Waals surface area contributed by atoms with Crippen LogP contribution in [0.15, 0.2) is 155 Å². The maximum atomic E-state index is 6.62. The van der Waals surface area contributed by atoms with Crippen LogP contribution in [-0.4, -0.2) is 0 Å². The van der Waals surface area contributed by atoms with Gasteiger partial charge in [0, 0.05) is 21.9 Å². The summed E-state index contributed by atoms with van der Waals surface area (Å²) in [5.74, 6) is 0. The van der Waals surface area contributed by atoms with E-state index in [0.29, 0.717) is 0 Å². The Hall–Kier alpha value is -5.60. The van der Waals surface area contributed by atoms with Crippen LogP contribution >= 0.6 is 0 Å². The molecule has 2 aromatic heterocycles. The van der Waals surface area contributed by atoms with Gasteiger partial charge in [-0.15, -0.1) is 0 Å². The molecule has 0 spiro atoms. The first-order valence-corrected chi connectivity index (χ1v) is 14.3. The first kappa shape index (κ1) is 23.1. The quantitative estimate of drug-likeness (QED) is 0.210. The summed E-state index contributed by atoms with van der Waals surface area (Å²) in [4.78, 5) is 0. The molecule has 2 nitrogen and oxygen atoms in total. The van der Waals surface area contributed by atoms with Crippen molar-refractivity contribution in [1.29, 1.82) is 0 Å². The minimum absolute atomic E-state index is 0.837. The van der Waals surface area contributed by atoms with Crippen LogP contribution in [0, 0.1) is 0 Å². The van der Waals surface area contributed by atoms with Gasteiger partial charge in [-0.05, 0) is 62.0 Å². The molecule has 0 N–H and O–H groups in total. The van der Waals surface area contributed by atoms with Crippen LogP contribution in [-0.2, 0) is 0 Å². The van der Waals surface area contributed by atoms with Gasteiger partial charge in [-0.1, -0.05) is 121 Å². The third-order valence-electron chi connectivity index (χ3n) is 8.56. The minimum atomic E-state index is 0.837. The predicted molar refractivity (Wildman–Crippen MR) is 175 cm³/mol. The largest absolute Gasteiger partial charge is 0.464 e. The molecule has 9 aromatic rings. The van der Waals surface area contributed by atoms with Crippen molar-refractivity contribution < 1.29 is 8.83 Å². The van der Waals surface area contributed by atoms with Crippen molar-refractivity contribution in [2.45, 2.75) is 0 Å². The smallest absolute Gasteiger partial charge is 0.145 e. The van der Waals surface area contributed by atoms with Gasteiger partial charge in [-0.25, -0.2) is 0 Å². The average molecular weight is 537 g/mol. The van der Waals surface area contributed by atoms with Crippen molar-refractivity contribution in [3.8, 4) is 33.4 Å². The molecule has 9 rings (SSSR count). The van der Waals surface area contributed by atoms with E-state index < -0.39 is 0 Å². The summed E-state index contributed by atoms with van der Waals surface area (Å²) in [6.07, 6.45) is 1.75. The summed E-state index contributed by atoms with van der Waals surface area (Å²) in [6, 6.07) is 49.6. The second kappa shape index (κ2) is 8.95. The molecule has 7 aromatic carbocycles. The Labute approximate surface area is 242 Å². The Kier molecular flexibility index (Phi) is 4.93. The molecule has 196 valence electrons. The summed E-state index contributed by atoms with van der Waals surface area (Å²) in [5.41, 5.74) is 9.75. The number of hydrogen-bond acceptors (Lipinski definition) is 2. The minimum Gasteiger partial charge on any atom is -0.464 e. The molecular weight excluding hydrogens is 512 g/mol. The molecule has 0 saturated carbocycles. The van der Waals surface area contributed by atoms with Crippen molar-refractivity contribution in [3.63, 3.8) is 0 Å². The van der Waals surface area contributed by atoms with Crippen LogP contribution in [0.25, 0.3) is 87.8 Å². The van der Waals surface area contributed by atoms with Crippen LogP contribution in [0.1, 0.15) is 0 Å². The number of para-hydroxylation sites is 1. The van der Waals surface area contributed by atoms with E-state index in [1.165, 1.54) is 49.4 Å². The number of hydrogen-bond donors (Lipinski definition) is 0. The van der Waals surface area contributed by atoms with E-state index >= 15 is 0 Å². The fourth-order valence-corrected chi connectivity index (χ4v) is 6.69. The van der Waals surface area contributed by atoms with E-state index in [1.807, 2.05) is 6.07 Å². The fourth-order valence-electron chi connectivity index (χ4n) is 6.69. The van der Waals surface area contributed by atoms with Gasteiger partial charge in [0.05, 0.1) is 11.6 Å². The lowest BCUT2D eigenvalue weighted by Gasteiger charge is -2.18. The monoisotopic (exact) mass is 536 g/mol. The van der Waals surface area contributed by atoms with Crippen molar-refractivity contribution in [2.75, 3.05) is 0 Å². The lowest BCUT2D eigenvalue weighted by atomic mass is 9.85. The van der Waals surface area contributed by atoms with Gasteiger partial charge in [0.15, 0.2) is 0 Å². The van der Waals surface area contributed by atoms with Crippen molar-refractivity contribution in [1.82, 2.24) is 0 Å². The highest BCUT2D eigenvalue weighted by Crippen LogP contribution is 2.47. The lowest BCUT2D eigenvalue weighted by Crippen LogP contribution is -1.91. The maximum absolute atomic E-state index is 6.62. The molecule has 42 heavy (non-hydrogen) atoms. The zero-order chi connectivity index (χ0) is 27.6. The molecule has 0 amide bonds. The maximum Gasteiger partial charge on any atom is 0.145 e. The van der Waals surface area contributed by atoms with Gasteiger partial charge >= 0.3 is 0 Å². The van der Waals surface area contributed by atoms with Crippen molar-refractivity contribution in [2.24, 2.45) is 0 Å². The van der Waals surface area contributed by atoms with E-state index in [0.717, 1.165) is 38.5 Å². The van der Waals surface area contributed by atoms with E-state index in [4.69, 9.17) is 8.83 Å². The number of furan rings is 2. The molecular formula is C40H24O2. The number of fused-ring (bicyclic) bond motifs is 7. The van der Waals surface area contributed by atoms with Gasteiger partial charge in [0.2, 0.25) is 0 Å². The van der Waals surface area contributed by atoms with Crippen LogP contribution in [0.3, 0.4) is 0 Å². The Morgan fingerprint density at radius 1 is 0.381 bits per heavy atom. The summed E-state index contributed by atoms with van der Waals surface area (Å²) in [7, 11) is 0. The zero-order valence-corrected chi connectivity index (χ0v) is 22.7. The predicted octanol–water partition coefficient (Wildman–Crippen LogP) is 11.6. The normalized spacial score (nSPS) is 11.8. The first-order chi connectivity index (χ1) is 20.8. The second-order valence-corrected chi connectivity index (χ2v) is 10.8. The molecule has 0 fully saturated rings. The second-order valence-electron chi connectivity index (χ2n) is 10.8. The van der Waals surface area contributed by atoms with E-state index in [2.05, 4.69) is 133 Å². The zero-order valence-electron chi connectivity index (χ0n) is 22.7. The molecule has 0 aliphatic carbocycles. The summed E-state index contributed by atoms with van der Waals surface area (Å²) in [6.45, 7) is 0. The van der Waals surface area contributed by atoms with Crippen LogP contribution in [0.5, 0.6) is 0 Å². The van der Waals surface area contributed by atoms with Crippen LogP contribution in [0.2, 0.25) is 0 Å². The summed E-state index contributed by atoms with van der Waals surface area (Å²) < 4.78 is 12.5. The fraction of sp³-hybridized carbons (Fsp3) is 0. The number of rotatable bonds is 3. The standard InChI is InChI=1S/C40H24O2/c1-2-9-25(10-3-1)26-17-19-27(20-18-26)36-29-11-4-6-13-31(29)37(32-14-7-5-12-30(32)36)33-15-8-16-34-38-35(42-40(33)34)22-21-28-23-24-41-39(28)38/h1-24H. The molecule has 0 radical (unpaired) electrons. The molecule has 0 saturated heterocycles. The van der Waals surface area contributed by atoms with E-state index in [-0.39, 0.29) is 0 Å². The topological polar surface area (TPSA) is 26.3 Å². The van der Waals surface area contributed by atoms with Crippen molar-refractivity contribution >= 4 is 54.5 Å². The molecule has 0 atom stereocenters. The molecule has 0 bridgehead atoms. The molecule has 0 unspecified atom stereocenters. The third kappa shape index (κ3) is 3.33. The van der Waals surface area contributed by atoms with Gasteiger partial charge in [0.1, 0.15) is 16.7 Å². The van der Waals surface area contributed by atoms with E-state index in [1.54, 1.807) is 6.26 Å². The highest BCUT2D eigenvalue weighted by atomic mass is 16.3. The highest BCUT2D eigenvalue weighted by Gasteiger charge is 2.21. The van der Waals surface area contributed by atoms with Gasteiger partial charge < -0.3 is 8.83 Å². The van der Waals surface area contributed by atoms with Crippen molar-refractivity contribution in [3.05, 3.63) is 146 Å². The molecule has 2 heterocycles. The molecule has 0 aliphatic rings. The molecule has 0 aliphatic heterocycles.